The van der Waals surface area contributed by atoms with Crippen molar-refractivity contribution in [3.05, 3.63) is 23.3 Å². The van der Waals surface area contributed by atoms with Gasteiger partial charge in [0, 0.05) is 33.1 Å². The molecule has 3 aliphatic carbocycles. The van der Waals surface area contributed by atoms with Crippen LogP contribution in [-0.2, 0) is 28.6 Å². The highest BCUT2D eigenvalue weighted by Crippen LogP contribution is 2.59. The molecule has 0 aliphatic heterocycles. The summed E-state index contributed by atoms with van der Waals surface area (Å²) in [5.41, 5.74) is 1.96. The van der Waals surface area contributed by atoms with Gasteiger partial charge in [0.2, 0.25) is 0 Å². The Bertz CT molecular complexity index is 885. The van der Waals surface area contributed by atoms with Crippen LogP contribution in [0.5, 0.6) is 0 Å². The van der Waals surface area contributed by atoms with Crippen LogP contribution in [0.4, 0.5) is 0 Å². The SMILES string of the molecule is C=C1[C@@H](OC(C)=O)[C@@H](O)C[C@@]2(C)C[C@H](OC(C)=O)C3=C(C)C[C@H](OC(C)=O)[C@@H](C[C@H]12)C3(C)C. The number of carbonyl (C=O) groups excluding carboxylic acids is 3. The van der Waals surface area contributed by atoms with Gasteiger partial charge in [-0.25, -0.2) is 0 Å². The van der Waals surface area contributed by atoms with Crippen LogP contribution in [0.1, 0.15) is 74.1 Å². The fourth-order valence-corrected chi connectivity index (χ4v) is 6.94. The lowest BCUT2D eigenvalue weighted by Crippen LogP contribution is -2.55. The number of carbonyl (C=O) groups is 3. The lowest BCUT2D eigenvalue weighted by molar-refractivity contribution is -0.164. The molecule has 1 N–H and O–H groups in total. The van der Waals surface area contributed by atoms with Crippen molar-refractivity contribution in [1.29, 1.82) is 0 Å². The molecule has 0 aromatic heterocycles. The van der Waals surface area contributed by atoms with E-state index in [1.54, 1.807) is 0 Å². The van der Waals surface area contributed by atoms with E-state index >= 15 is 0 Å². The van der Waals surface area contributed by atoms with Gasteiger partial charge in [-0.1, -0.05) is 32.9 Å². The van der Waals surface area contributed by atoms with Gasteiger partial charge in [-0.3, -0.25) is 14.4 Å². The van der Waals surface area contributed by atoms with E-state index in [4.69, 9.17) is 14.2 Å². The van der Waals surface area contributed by atoms with E-state index in [1.807, 2.05) is 6.92 Å². The zero-order valence-corrected chi connectivity index (χ0v) is 20.9. The Hall–Kier alpha value is -2.15. The zero-order valence-electron chi connectivity index (χ0n) is 20.9. The summed E-state index contributed by atoms with van der Waals surface area (Å²) in [6.45, 7) is 16.8. The molecule has 184 valence electrons. The molecular formula is C26H38O7. The van der Waals surface area contributed by atoms with Crippen LogP contribution >= 0.6 is 0 Å². The Morgan fingerprint density at radius 2 is 1.55 bits per heavy atom. The molecule has 0 spiro atoms. The third-order valence-electron chi connectivity index (χ3n) is 8.10. The van der Waals surface area contributed by atoms with E-state index in [0.717, 1.165) is 11.1 Å². The van der Waals surface area contributed by atoms with Gasteiger partial charge in [0.15, 0.2) is 0 Å². The van der Waals surface area contributed by atoms with Crippen molar-refractivity contribution >= 4 is 17.9 Å². The zero-order chi connectivity index (χ0) is 24.9. The van der Waals surface area contributed by atoms with Crippen molar-refractivity contribution in [2.24, 2.45) is 22.7 Å². The summed E-state index contributed by atoms with van der Waals surface area (Å²) in [6, 6.07) is 0. The normalized spacial score (nSPS) is 37.9. The standard InChI is InChI=1S/C26H38O7/c1-13-9-21(31-15(3)27)19-10-18-14(2)24(33-17(5)29)20(30)11-26(18,8)12-22(32-16(4)28)23(13)25(19,6)7/h18-22,24,30H,2,9-12H2,1,3-8H3/t18-,19-,20+,21+,22+,24-,26+/m1/s1. The van der Waals surface area contributed by atoms with Crippen molar-refractivity contribution in [3.8, 4) is 0 Å². The molecule has 2 bridgehead atoms. The first-order valence-electron chi connectivity index (χ1n) is 11.8. The Balaban J connectivity index is 2.15. The minimum atomic E-state index is -0.896. The molecule has 2 saturated carbocycles. The number of hydrogen-bond donors (Lipinski definition) is 1. The monoisotopic (exact) mass is 462 g/mol. The molecule has 0 heterocycles. The summed E-state index contributed by atoms with van der Waals surface area (Å²) < 4.78 is 17.2. The summed E-state index contributed by atoms with van der Waals surface area (Å²) in [7, 11) is 0. The maximum absolute atomic E-state index is 12.1. The van der Waals surface area contributed by atoms with Gasteiger partial charge in [-0.2, -0.15) is 0 Å². The predicted octanol–water partition coefficient (Wildman–Crippen LogP) is 3.88. The van der Waals surface area contributed by atoms with E-state index in [-0.39, 0.29) is 29.9 Å². The van der Waals surface area contributed by atoms with Crippen LogP contribution in [0, 0.1) is 22.7 Å². The summed E-state index contributed by atoms with van der Waals surface area (Å²) >= 11 is 0. The number of rotatable bonds is 3. The van der Waals surface area contributed by atoms with Crippen LogP contribution < -0.4 is 0 Å². The molecule has 0 saturated heterocycles. The Kier molecular flexibility index (Phi) is 6.87. The maximum atomic E-state index is 12.1. The number of aliphatic hydroxyl groups is 1. The molecule has 3 rings (SSSR count). The largest absolute Gasteiger partial charge is 0.462 e. The first kappa shape index (κ1) is 25.5. The van der Waals surface area contributed by atoms with Crippen LogP contribution in [0.2, 0.25) is 0 Å². The van der Waals surface area contributed by atoms with E-state index in [0.29, 0.717) is 31.3 Å². The maximum Gasteiger partial charge on any atom is 0.303 e. The van der Waals surface area contributed by atoms with E-state index in [2.05, 4.69) is 27.4 Å². The molecule has 0 unspecified atom stereocenters. The molecule has 33 heavy (non-hydrogen) atoms. The molecular weight excluding hydrogens is 424 g/mol. The molecule has 0 aromatic rings. The highest BCUT2D eigenvalue weighted by Gasteiger charge is 2.57. The molecule has 0 aromatic carbocycles. The fraction of sp³-hybridized carbons (Fsp3) is 0.731. The average Bonchev–Trinajstić information content (AvgIpc) is 2.61. The van der Waals surface area contributed by atoms with E-state index in [9.17, 15) is 19.5 Å². The van der Waals surface area contributed by atoms with Crippen LogP contribution in [0.3, 0.4) is 0 Å². The summed E-state index contributed by atoms with van der Waals surface area (Å²) in [6.07, 6.45) is -0.327. The van der Waals surface area contributed by atoms with Gasteiger partial charge in [-0.15, -0.1) is 0 Å². The van der Waals surface area contributed by atoms with Crippen molar-refractivity contribution < 1.29 is 33.7 Å². The predicted molar refractivity (Wildman–Crippen MR) is 122 cm³/mol. The van der Waals surface area contributed by atoms with Crippen molar-refractivity contribution in [2.75, 3.05) is 0 Å². The topological polar surface area (TPSA) is 99.1 Å². The molecule has 7 nitrogen and oxygen atoms in total. The molecule has 2 fully saturated rings. The van der Waals surface area contributed by atoms with Gasteiger partial charge >= 0.3 is 17.9 Å². The minimum Gasteiger partial charge on any atom is -0.462 e. The number of esters is 3. The quantitative estimate of drug-likeness (QED) is 0.386. The molecule has 3 aliphatic rings. The van der Waals surface area contributed by atoms with Crippen molar-refractivity contribution in [3.63, 3.8) is 0 Å². The van der Waals surface area contributed by atoms with Gasteiger partial charge in [0.05, 0.1) is 6.10 Å². The van der Waals surface area contributed by atoms with E-state index in [1.165, 1.54) is 20.8 Å². The van der Waals surface area contributed by atoms with Crippen molar-refractivity contribution in [1.82, 2.24) is 0 Å². The molecule has 7 atom stereocenters. The van der Waals surface area contributed by atoms with Crippen molar-refractivity contribution in [2.45, 2.75) is 98.6 Å². The highest BCUT2D eigenvalue weighted by atomic mass is 16.6. The Morgan fingerprint density at radius 1 is 0.970 bits per heavy atom. The summed E-state index contributed by atoms with van der Waals surface area (Å²) in [4.78, 5) is 35.8. The second-order valence-corrected chi connectivity index (χ2v) is 11.0. The molecule has 7 heteroatoms. The van der Waals surface area contributed by atoms with E-state index < -0.39 is 35.1 Å². The van der Waals surface area contributed by atoms with Crippen LogP contribution in [0.15, 0.2) is 23.3 Å². The Labute approximate surface area is 196 Å². The highest BCUT2D eigenvalue weighted by molar-refractivity contribution is 5.67. The van der Waals surface area contributed by atoms with Crippen LogP contribution in [0.25, 0.3) is 0 Å². The van der Waals surface area contributed by atoms with Gasteiger partial charge in [0.25, 0.3) is 0 Å². The second kappa shape index (κ2) is 8.90. The number of ether oxygens (including phenoxy) is 3. The lowest BCUT2D eigenvalue weighted by atomic mass is 9.51. The third kappa shape index (κ3) is 4.75. The van der Waals surface area contributed by atoms with Crippen LogP contribution in [-0.4, -0.2) is 47.4 Å². The molecule has 0 amide bonds. The smallest absolute Gasteiger partial charge is 0.303 e. The summed E-state index contributed by atoms with van der Waals surface area (Å²) in [5.74, 6) is -1.34. The first-order valence-corrected chi connectivity index (χ1v) is 11.8. The van der Waals surface area contributed by atoms with Gasteiger partial charge < -0.3 is 19.3 Å². The lowest BCUT2D eigenvalue weighted by Gasteiger charge is -2.57. The number of fused-ring (bicyclic) bond motifs is 3. The Morgan fingerprint density at radius 3 is 2.09 bits per heavy atom. The average molecular weight is 463 g/mol. The first-order chi connectivity index (χ1) is 15.2. The van der Waals surface area contributed by atoms with Gasteiger partial charge in [-0.05, 0) is 54.1 Å². The van der Waals surface area contributed by atoms with Gasteiger partial charge in [0.1, 0.15) is 18.3 Å². The summed E-state index contributed by atoms with van der Waals surface area (Å²) in [5, 5.41) is 10.9. The number of aliphatic hydroxyl groups excluding tert-OH is 1. The second-order valence-electron chi connectivity index (χ2n) is 11.0. The fourth-order valence-electron chi connectivity index (χ4n) is 6.94. The number of hydrogen-bond acceptors (Lipinski definition) is 7. The minimum absolute atomic E-state index is 0.0623. The molecule has 0 radical (unpaired) electrons. The third-order valence-corrected chi connectivity index (χ3v) is 8.10.